The highest BCUT2D eigenvalue weighted by Crippen LogP contribution is 2.20. The zero-order valence-corrected chi connectivity index (χ0v) is 14.1. The van der Waals surface area contributed by atoms with Crippen molar-refractivity contribution < 1.29 is 14.4 Å². The number of nitrogens with zero attached hydrogens (tertiary/aromatic N) is 2. The second-order valence-corrected chi connectivity index (χ2v) is 5.58. The van der Waals surface area contributed by atoms with Gasteiger partial charge in [0.15, 0.2) is 5.76 Å². The summed E-state index contributed by atoms with van der Waals surface area (Å²) in [5, 5.41) is 11.6. The van der Waals surface area contributed by atoms with Crippen LogP contribution in [0.15, 0.2) is 59.2 Å². The Hall–Kier alpha value is -3.45. The normalized spacial score (nSPS) is 10.8. The number of rotatable bonds is 6. The lowest BCUT2D eigenvalue weighted by atomic mass is 10.1. The van der Waals surface area contributed by atoms with Gasteiger partial charge in [-0.05, 0) is 42.3 Å². The molecule has 2 aromatic heterocycles. The summed E-state index contributed by atoms with van der Waals surface area (Å²) in [6, 6.07) is 13.2. The first-order valence-electron chi connectivity index (χ1n) is 7.99. The Bertz CT molecular complexity index is 917. The van der Waals surface area contributed by atoms with Gasteiger partial charge in [-0.25, -0.2) is 15.4 Å². The number of hydroxylamine groups is 1. The van der Waals surface area contributed by atoms with Gasteiger partial charge in [0.2, 0.25) is 5.95 Å². The Morgan fingerprint density at radius 1 is 1.19 bits per heavy atom. The lowest BCUT2D eigenvalue weighted by Gasteiger charge is -2.06. The number of aryl methyl sites for hydroxylation is 1. The van der Waals surface area contributed by atoms with Crippen LogP contribution in [0.1, 0.15) is 16.9 Å². The molecule has 3 N–H and O–H groups in total. The van der Waals surface area contributed by atoms with E-state index in [1.165, 1.54) is 6.08 Å². The van der Waals surface area contributed by atoms with Gasteiger partial charge in [0.05, 0.1) is 0 Å². The van der Waals surface area contributed by atoms with Crippen molar-refractivity contribution in [1.29, 1.82) is 0 Å². The first-order chi connectivity index (χ1) is 12.6. The minimum atomic E-state index is -0.570. The molecule has 132 valence electrons. The van der Waals surface area contributed by atoms with Crippen LogP contribution in [0.3, 0.4) is 0 Å². The van der Waals surface area contributed by atoms with Gasteiger partial charge in [0.1, 0.15) is 11.5 Å². The van der Waals surface area contributed by atoms with E-state index in [1.54, 1.807) is 23.8 Å². The number of hydrogen-bond donors (Lipinski definition) is 3. The monoisotopic (exact) mass is 350 g/mol. The van der Waals surface area contributed by atoms with Gasteiger partial charge in [-0.2, -0.15) is 0 Å². The average molecular weight is 350 g/mol. The summed E-state index contributed by atoms with van der Waals surface area (Å²) in [4.78, 5) is 19.6. The maximum absolute atomic E-state index is 11.0. The summed E-state index contributed by atoms with van der Waals surface area (Å²) in [6.07, 6.45) is 4.55. The third kappa shape index (κ3) is 4.55. The van der Waals surface area contributed by atoms with Gasteiger partial charge in [-0.3, -0.25) is 10.0 Å². The molecule has 3 rings (SSSR count). The predicted molar refractivity (Wildman–Crippen MR) is 97.2 cm³/mol. The highest BCUT2D eigenvalue weighted by molar-refractivity contribution is 5.90. The van der Waals surface area contributed by atoms with Gasteiger partial charge in [-0.1, -0.05) is 24.3 Å². The Morgan fingerprint density at radius 3 is 2.69 bits per heavy atom. The quantitative estimate of drug-likeness (QED) is 0.359. The third-order valence-corrected chi connectivity index (χ3v) is 3.62. The number of hydrogen-bond acceptors (Lipinski definition) is 6. The molecular weight excluding hydrogens is 332 g/mol. The lowest BCUT2D eigenvalue weighted by molar-refractivity contribution is -0.124. The minimum absolute atomic E-state index is 0.514. The number of anilines is 1. The van der Waals surface area contributed by atoms with Crippen molar-refractivity contribution in [1.82, 2.24) is 15.4 Å². The van der Waals surface area contributed by atoms with Crippen molar-refractivity contribution in [2.24, 2.45) is 0 Å². The average Bonchev–Trinajstić information content (AvgIpc) is 3.12. The molecule has 0 bridgehead atoms. The van der Waals surface area contributed by atoms with E-state index in [0.717, 1.165) is 22.6 Å². The molecule has 0 spiro atoms. The molecule has 1 aromatic carbocycles. The molecule has 0 aliphatic rings. The third-order valence-electron chi connectivity index (χ3n) is 3.62. The molecule has 0 atom stereocenters. The highest BCUT2D eigenvalue weighted by Gasteiger charge is 2.06. The number of benzene rings is 1. The van der Waals surface area contributed by atoms with Crippen molar-refractivity contribution in [3.8, 4) is 11.5 Å². The maximum atomic E-state index is 11.0. The number of nitrogens with one attached hydrogen (secondary N) is 2. The fraction of sp³-hybridized carbons (Fsp3) is 0.105. The van der Waals surface area contributed by atoms with E-state index in [4.69, 9.17) is 9.62 Å². The van der Waals surface area contributed by atoms with Crippen LogP contribution in [0.25, 0.3) is 17.5 Å². The molecule has 0 aliphatic carbocycles. The second kappa shape index (κ2) is 8.09. The smallest absolute Gasteiger partial charge is 0.267 e. The summed E-state index contributed by atoms with van der Waals surface area (Å²) in [6.45, 7) is 2.45. The van der Waals surface area contributed by atoms with Crippen molar-refractivity contribution >= 4 is 17.9 Å². The number of amides is 1. The zero-order chi connectivity index (χ0) is 18.4. The summed E-state index contributed by atoms with van der Waals surface area (Å²) in [5.41, 5.74) is 4.16. The van der Waals surface area contributed by atoms with Gasteiger partial charge in [0.25, 0.3) is 5.91 Å². The van der Waals surface area contributed by atoms with Crippen molar-refractivity contribution in [2.45, 2.75) is 13.5 Å². The Morgan fingerprint density at radius 2 is 2.00 bits per heavy atom. The molecule has 0 aliphatic heterocycles. The van der Waals surface area contributed by atoms with Crippen LogP contribution >= 0.6 is 0 Å². The fourth-order valence-electron chi connectivity index (χ4n) is 2.29. The van der Waals surface area contributed by atoms with Crippen LogP contribution in [0.4, 0.5) is 5.95 Å². The molecule has 0 fully saturated rings. The highest BCUT2D eigenvalue weighted by atomic mass is 16.5. The zero-order valence-electron chi connectivity index (χ0n) is 14.1. The molecule has 26 heavy (non-hydrogen) atoms. The fourth-order valence-corrected chi connectivity index (χ4v) is 2.29. The van der Waals surface area contributed by atoms with Crippen LogP contribution < -0.4 is 10.8 Å². The second-order valence-electron chi connectivity index (χ2n) is 5.58. The summed E-state index contributed by atoms with van der Waals surface area (Å²) in [5.74, 6) is 1.48. The number of aromatic nitrogens is 2. The van der Waals surface area contributed by atoms with Crippen LogP contribution in [0, 0.1) is 6.92 Å². The van der Waals surface area contributed by atoms with E-state index in [0.29, 0.717) is 18.3 Å². The van der Waals surface area contributed by atoms with E-state index in [9.17, 15) is 4.79 Å². The number of furan rings is 1. The summed E-state index contributed by atoms with van der Waals surface area (Å²) < 4.78 is 5.58. The SMILES string of the molecule is Cc1ccc(-c2ccnc(NCc3ccc(C=CC(=O)NO)cc3)n2)o1. The first kappa shape index (κ1) is 17.4. The van der Waals surface area contributed by atoms with E-state index in [2.05, 4.69) is 15.3 Å². The van der Waals surface area contributed by atoms with Crippen LogP contribution in [0.5, 0.6) is 0 Å². The van der Waals surface area contributed by atoms with E-state index in [-0.39, 0.29) is 0 Å². The van der Waals surface area contributed by atoms with Crippen molar-refractivity contribution in [2.75, 3.05) is 5.32 Å². The van der Waals surface area contributed by atoms with Gasteiger partial charge >= 0.3 is 0 Å². The number of carbonyl (C=O) groups is 1. The van der Waals surface area contributed by atoms with Gasteiger partial charge in [0, 0.05) is 18.8 Å². The van der Waals surface area contributed by atoms with Gasteiger partial charge < -0.3 is 9.73 Å². The largest absolute Gasteiger partial charge is 0.460 e. The molecular formula is C19H18N4O3. The first-order valence-corrected chi connectivity index (χ1v) is 7.99. The summed E-state index contributed by atoms with van der Waals surface area (Å²) >= 11 is 0. The van der Waals surface area contributed by atoms with Crippen LogP contribution in [-0.2, 0) is 11.3 Å². The van der Waals surface area contributed by atoms with E-state index >= 15 is 0 Å². The minimum Gasteiger partial charge on any atom is -0.460 e. The lowest BCUT2D eigenvalue weighted by Crippen LogP contribution is -2.14. The molecule has 3 aromatic rings. The standard InChI is InChI=1S/C19H18N4O3/c1-13-2-8-17(26-13)16-10-11-20-19(22-16)21-12-15-5-3-14(4-6-15)7-9-18(24)23-25/h2-11,25H,12H2,1H3,(H,23,24)(H,20,21,22). The molecule has 1 amide bonds. The Labute approximate surface area is 150 Å². The summed E-state index contributed by atoms with van der Waals surface area (Å²) in [7, 11) is 0. The molecule has 7 nitrogen and oxygen atoms in total. The van der Waals surface area contributed by atoms with Crippen molar-refractivity contribution in [3.63, 3.8) is 0 Å². The number of carbonyl (C=O) groups excluding carboxylic acids is 1. The molecule has 7 heteroatoms. The molecule has 0 radical (unpaired) electrons. The Balaban J connectivity index is 1.62. The van der Waals surface area contributed by atoms with E-state index < -0.39 is 5.91 Å². The van der Waals surface area contributed by atoms with Crippen molar-refractivity contribution in [3.05, 3.63) is 71.6 Å². The van der Waals surface area contributed by atoms with Crippen LogP contribution in [-0.4, -0.2) is 21.1 Å². The van der Waals surface area contributed by atoms with Gasteiger partial charge in [-0.15, -0.1) is 0 Å². The molecule has 0 saturated carbocycles. The molecule has 0 unspecified atom stereocenters. The Kier molecular flexibility index (Phi) is 5.40. The van der Waals surface area contributed by atoms with E-state index in [1.807, 2.05) is 43.3 Å². The maximum Gasteiger partial charge on any atom is 0.267 e. The topological polar surface area (TPSA) is 100 Å². The van der Waals surface area contributed by atoms with Crippen LogP contribution in [0.2, 0.25) is 0 Å². The predicted octanol–water partition coefficient (Wildman–Crippen LogP) is 3.18. The molecule has 2 heterocycles. The molecule has 0 saturated heterocycles.